The summed E-state index contributed by atoms with van der Waals surface area (Å²) in [6.45, 7) is 3.46. The monoisotopic (exact) mass is 117 g/mol. The fourth-order valence-corrected chi connectivity index (χ4v) is 0.249. The molecule has 0 aromatic rings. The number of hydrogen-bond acceptors (Lipinski definition) is 3. The molecule has 0 aliphatic carbocycles. The van der Waals surface area contributed by atoms with Gasteiger partial charge in [-0.15, -0.1) is 0 Å². The molecule has 0 rings (SSSR count). The summed E-state index contributed by atoms with van der Waals surface area (Å²) in [5, 5.41) is 0. The van der Waals surface area contributed by atoms with E-state index in [1.807, 2.05) is 0 Å². The topological polar surface area (TPSA) is 52.3 Å². The van der Waals surface area contributed by atoms with Crippen molar-refractivity contribution in [3.05, 3.63) is 0 Å². The number of hydrogen-bond donors (Lipinski definition) is 1. The average molecular weight is 117 g/mol. The minimum absolute atomic E-state index is 0.0566. The zero-order valence-corrected chi connectivity index (χ0v) is 5.18. The van der Waals surface area contributed by atoms with E-state index >= 15 is 0 Å². The molecular weight excluding hydrogens is 106 g/mol. The summed E-state index contributed by atoms with van der Waals surface area (Å²) in [5.41, 5.74) is 5.26. The molecule has 8 heavy (non-hydrogen) atoms. The molecule has 0 aromatic heterocycles. The second kappa shape index (κ2) is 3.43. The van der Waals surface area contributed by atoms with Gasteiger partial charge in [-0.2, -0.15) is 0 Å². The largest absolute Gasteiger partial charge is 0.464 e. The number of nitrogens with two attached hydrogens (primary N) is 1. The minimum Gasteiger partial charge on any atom is -0.464 e. The standard InChI is InChI=1S/C5H11NO2/c1-4(6)3-8-5(2)7/h4H,3,6H2,1-2H3/t4-/m0/s1. The maximum absolute atomic E-state index is 10.1. The normalized spacial score (nSPS) is 12.9. The Morgan fingerprint density at radius 2 is 2.38 bits per heavy atom. The lowest BCUT2D eigenvalue weighted by molar-refractivity contribution is -0.141. The lowest BCUT2D eigenvalue weighted by Gasteiger charge is -2.02. The van der Waals surface area contributed by atoms with Gasteiger partial charge in [-0.3, -0.25) is 4.79 Å². The molecule has 0 amide bonds. The summed E-state index contributed by atoms with van der Waals surface area (Å²) in [7, 11) is 0. The molecule has 2 N–H and O–H groups in total. The van der Waals surface area contributed by atoms with Gasteiger partial charge in [0.25, 0.3) is 0 Å². The van der Waals surface area contributed by atoms with Crippen LogP contribution in [0, 0.1) is 0 Å². The van der Waals surface area contributed by atoms with Crippen LogP contribution in [-0.4, -0.2) is 18.6 Å². The summed E-state index contributed by atoms with van der Waals surface area (Å²) in [6, 6.07) is -0.0566. The Bertz CT molecular complexity index is 80.5. The molecular formula is C5H11NO2. The number of ether oxygens (including phenoxy) is 1. The van der Waals surface area contributed by atoms with Crippen molar-refractivity contribution in [1.82, 2.24) is 0 Å². The van der Waals surface area contributed by atoms with Gasteiger partial charge in [0.05, 0.1) is 0 Å². The van der Waals surface area contributed by atoms with Gasteiger partial charge in [-0.25, -0.2) is 0 Å². The van der Waals surface area contributed by atoms with Crippen LogP contribution in [0.2, 0.25) is 0 Å². The van der Waals surface area contributed by atoms with Crippen LogP contribution in [0.25, 0.3) is 0 Å². The maximum atomic E-state index is 10.1. The average Bonchev–Trinajstić information content (AvgIpc) is 1.61. The second-order valence-electron chi connectivity index (χ2n) is 1.78. The third kappa shape index (κ3) is 5.43. The number of carbonyl (C=O) groups excluding carboxylic acids is 1. The van der Waals surface area contributed by atoms with Crippen LogP contribution in [-0.2, 0) is 9.53 Å². The summed E-state index contributed by atoms with van der Waals surface area (Å²) >= 11 is 0. The van der Waals surface area contributed by atoms with Gasteiger partial charge in [0.2, 0.25) is 0 Å². The predicted octanol–water partition coefficient (Wildman–Crippen LogP) is -0.103. The number of rotatable bonds is 2. The molecule has 0 aromatic carbocycles. The summed E-state index contributed by atoms with van der Waals surface area (Å²) in [5.74, 6) is -0.276. The quantitative estimate of drug-likeness (QED) is 0.514. The van der Waals surface area contributed by atoms with Crippen LogP contribution in [0.4, 0.5) is 0 Å². The van der Waals surface area contributed by atoms with Crippen LogP contribution in [0.5, 0.6) is 0 Å². The van der Waals surface area contributed by atoms with Gasteiger partial charge >= 0.3 is 5.97 Å². The first kappa shape index (κ1) is 7.43. The molecule has 48 valence electrons. The highest BCUT2D eigenvalue weighted by molar-refractivity contribution is 5.65. The van der Waals surface area contributed by atoms with Crippen molar-refractivity contribution in [3.63, 3.8) is 0 Å². The molecule has 0 fully saturated rings. The van der Waals surface area contributed by atoms with Gasteiger partial charge in [-0.05, 0) is 6.92 Å². The van der Waals surface area contributed by atoms with Crippen molar-refractivity contribution in [2.75, 3.05) is 6.61 Å². The first-order valence-electron chi connectivity index (χ1n) is 2.52. The Balaban J connectivity index is 3.05. The van der Waals surface area contributed by atoms with E-state index in [0.717, 1.165) is 0 Å². The molecule has 0 saturated heterocycles. The Hall–Kier alpha value is -0.570. The molecule has 0 unspecified atom stereocenters. The first-order chi connectivity index (χ1) is 3.63. The van der Waals surface area contributed by atoms with Crippen LogP contribution >= 0.6 is 0 Å². The Morgan fingerprint density at radius 1 is 1.88 bits per heavy atom. The molecule has 0 heterocycles. The molecule has 3 heteroatoms. The number of carbonyl (C=O) groups is 1. The van der Waals surface area contributed by atoms with E-state index < -0.39 is 0 Å². The van der Waals surface area contributed by atoms with Gasteiger partial charge < -0.3 is 10.5 Å². The Kier molecular flexibility index (Phi) is 3.19. The summed E-state index contributed by atoms with van der Waals surface area (Å²) < 4.78 is 4.54. The zero-order valence-electron chi connectivity index (χ0n) is 5.18. The fourth-order valence-electron chi connectivity index (χ4n) is 0.249. The predicted molar refractivity (Wildman–Crippen MR) is 30.3 cm³/mol. The van der Waals surface area contributed by atoms with E-state index in [-0.39, 0.29) is 12.0 Å². The lowest BCUT2D eigenvalue weighted by atomic mass is 10.4. The molecule has 1 atom stereocenters. The Morgan fingerprint density at radius 3 is 2.50 bits per heavy atom. The molecule has 0 radical (unpaired) electrons. The highest BCUT2D eigenvalue weighted by Crippen LogP contribution is 1.78. The van der Waals surface area contributed by atoms with E-state index in [9.17, 15) is 4.79 Å². The van der Waals surface area contributed by atoms with Crippen molar-refractivity contribution < 1.29 is 9.53 Å². The van der Waals surface area contributed by atoms with Crippen molar-refractivity contribution in [2.45, 2.75) is 19.9 Å². The van der Waals surface area contributed by atoms with Crippen LogP contribution < -0.4 is 5.73 Å². The van der Waals surface area contributed by atoms with E-state index in [1.165, 1.54) is 6.92 Å². The molecule has 0 spiro atoms. The smallest absolute Gasteiger partial charge is 0.302 e. The molecule has 0 aliphatic rings. The van der Waals surface area contributed by atoms with Gasteiger partial charge in [0.1, 0.15) is 6.61 Å². The maximum Gasteiger partial charge on any atom is 0.302 e. The fraction of sp³-hybridized carbons (Fsp3) is 0.800. The third-order valence-electron chi connectivity index (χ3n) is 0.549. The van der Waals surface area contributed by atoms with Crippen molar-refractivity contribution in [3.8, 4) is 0 Å². The summed E-state index contributed by atoms with van der Waals surface area (Å²) in [6.07, 6.45) is 0. The first-order valence-corrected chi connectivity index (χ1v) is 2.52. The SMILES string of the molecule is CC(=O)OC[C@H](C)N. The van der Waals surface area contributed by atoms with Crippen LogP contribution in [0.3, 0.4) is 0 Å². The van der Waals surface area contributed by atoms with E-state index in [1.54, 1.807) is 6.92 Å². The molecule has 3 nitrogen and oxygen atoms in total. The molecule has 0 bridgehead atoms. The highest BCUT2D eigenvalue weighted by atomic mass is 16.5. The van der Waals surface area contributed by atoms with Crippen molar-refractivity contribution in [2.24, 2.45) is 5.73 Å². The zero-order chi connectivity index (χ0) is 6.57. The van der Waals surface area contributed by atoms with Crippen molar-refractivity contribution >= 4 is 5.97 Å². The van der Waals surface area contributed by atoms with Gasteiger partial charge in [0.15, 0.2) is 0 Å². The molecule has 0 aliphatic heterocycles. The van der Waals surface area contributed by atoms with E-state index in [0.29, 0.717) is 6.61 Å². The van der Waals surface area contributed by atoms with Crippen LogP contribution in [0.15, 0.2) is 0 Å². The molecule has 0 saturated carbocycles. The van der Waals surface area contributed by atoms with E-state index in [2.05, 4.69) is 4.74 Å². The van der Waals surface area contributed by atoms with E-state index in [4.69, 9.17) is 5.73 Å². The third-order valence-corrected chi connectivity index (χ3v) is 0.549. The van der Waals surface area contributed by atoms with Gasteiger partial charge in [0, 0.05) is 13.0 Å². The number of esters is 1. The van der Waals surface area contributed by atoms with Crippen molar-refractivity contribution in [1.29, 1.82) is 0 Å². The Labute approximate surface area is 48.8 Å². The lowest BCUT2D eigenvalue weighted by Crippen LogP contribution is -2.23. The van der Waals surface area contributed by atoms with Gasteiger partial charge in [-0.1, -0.05) is 0 Å². The summed E-state index contributed by atoms with van der Waals surface area (Å²) in [4.78, 5) is 10.1. The minimum atomic E-state index is -0.276. The highest BCUT2D eigenvalue weighted by Gasteiger charge is 1.94. The van der Waals surface area contributed by atoms with Crippen LogP contribution in [0.1, 0.15) is 13.8 Å². The second-order valence-corrected chi connectivity index (χ2v) is 1.78.